The van der Waals surface area contributed by atoms with E-state index in [-0.39, 0.29) is 0 Å². The minimum Gasteiger partial charge on any atom is -0.336 e. The van der Waals surface area contributed by atoms with E-state index in [9.17, 15) is 0 Å². The Morgan fingerprint density at radius 2 is 1.78 bits per heavy atom. The first-order valence-electron chi connectivity index (χ1n) is 9.23. The molecule has 0 saturated carbocycles. The van der Waals surface area contributed by atoms with Gasteiger partial charge < -0.3 is 4.90 Å². The lowest BCUT2D eigenvalue weighted by Gasteiger charge is -2.23. The Morgan fingerprint density at radius 1 is 0.963 bits per heavy atom. The highest BCUT2D eigenvalue weighted by Gasteiger charge is 2.13. The van der Waals surface area contributed by atoms with Gasteiger partial charge in [-0.3, -0.25) is 0 Å². The van der Waals surface area contributed by atoms with Gasteiger partial charge in [0.15, 0.2) is 0 Å². The van der Waals surface area contributed by atoms with Crippen LogP contribution in [-0.4, -0.2) is 21.5 Å². The molecule has 2 aromatic heterocycles. The Kier molecular flexibility index (Phi) is 5.39. The van der Waals surface area contributed by atoms with Crippen LogP contribution in [0, 0.1) is 0 Å². The lowest BCUT2D eigenvalue weighted by atomic mass is 10.0. The standard InChI is InChI=1S/C22H22N4S/c1-2-17-12-23-22(24-13-17)26(11-10-20-15-27-16-25-20)14-19-8-5-7-18-6-3-4-9-21(18)19/h3-9,12-13,15-16H,2,10-11,14H2,1H3. The summed E-state index contributed by atoms with van der Waals surface area (Å²) in [5, 5.41) is 4.65. The molecule has 0 saturated heterocycles. The molecule has 0 N–H and O–H groups in total. The first-order valence-corrected chi connectivity index (χ1v) is 10.2. The molecular weight excluding hydrogens is 352 g/mol. The van der Waals surface area contributed by atoms with Gasteiger partial charge in [0.2, 0.25) is 5.95 Å². The van der Waals surface area contributed by atoms with Crippen LogP contribution in [0.4, 0.5) is 5.95 Å². The Morgan fingerprint density at radius 3 is 2.56 bits per heavy atom. The molecule has 0 aliphatic rings. The van der Waals surface area contributed by atoms with E-state index in [2.05, 4.69) is 74.6 Å². The largest absolute Gasteiger partial charge is 0.336 e. The van der Waals surface area contributed by atoms with Crippen LogP contribution in [0.5, 0.6) is 0 Å². The van der Waals surface area contributed by atoms with Crippen molar-refractivity contribution in [1.82, 2.24) is 15.0 Å². The lowest BCUT2D eigenvalue weighted by Crippen LogP contribution is -2.27. The topological polar surface area (TPSA) is 41.9 Å². The van der Waals surface area contributed by atoms with Gasteiger partial charge in [0, 0.05) is 37.3 Å². The molecule has 2 aromatic carbocycles. The van der Waals surface area contributed by atoms with Gasteiger partial charge in [-0.25, -0.2) is 15.0 Å². The summed E-state index contributed by atoms with van der Waals surface area (Å²) in [6.45, 7) is 3.73. The van der Waals surface area contributed by atoms with Crippen LogP contribution in [-0.2, 0) is 19.4 Å². The van der Waals surface area contributed by atoms with Gasteiger partial charge in [-0.2, -0.15) is 0 Å². The van der Waals surface area contributed by atoms with Gasteiger partial charge >= 0.3 is 0 Å². The van der Waals surface area contributed by atoms with Crippen LogP contribution in [0.3, 0.4) is 0 Å². The highest BCUT2D eigenvalue weighted by molar-refractivity contribution is 7.07. The Labute approximate surface area is 163 Å². The number of fused-ring (bicyclic) bond motifs is 1. The van der Waals surface area contributed by atoms with Crippen molar-refractivity contribution in [3.8, 4) is 0 Å². The van der Waals surface area contributed by atoms with E-state index in [4.69, 9.17) is 0 Å². The van der Waals surface area contributed by atoms with Crippen molar-refractivity contribution in [2.24, 2.45) is 0 Å². The minimum absolute atomic E-state index is 0.773. The van der Waals surface area contributed by atoms with Crippen molar-refractivity contribution in [1.29, 1.82) is 0 Å². The molecule has 5 heteroatoms. The van der Waals surface area contributed by atoms with E-state index in [0.29, 0.717) is 0 Å². The highest BCUT2D eigenvalue weighted by atomic mass is 32.1. The SMILES string of the molecule is CCc1cnc(N(CCc2cscn2)Cc2cccc3ccccc23)nc1. The van der Waals surface area contributed by atoms with Crippen molar-refractivity contribution in [3.05, 3.63) is 82.6 Å². The molecule has 0 bridgehead atoms. The number of aromatic nitrogens is 3. The zero-order valence-electron chi connectivity index (χ0n) is 15.4. The maximum absolute atomic E-state index is 4.62. The molecular formula is C22H22N4S. The second kappa shape index (κ2) is 8.27. The van der Waals surface area contributed by atoms with E-state index < -0.39 is 0 Å². The van der Waals surface area contributed by atoms with Gasteiger partial charge in [0.05, 0.1) is 11.2 Å². The zero-order chi connectivity index (χ0) is 18.5. The van der Waals surface area contributed by atoms with Gasteiger partial charge in [-0.15, -0.1) is 11.3 Å². The number of nitrogens with zero attached hydrogens (tertiary/aromatic N) is 4. The fourth-order valence-electron chi connectivity index (χ4n) is 3.19. The molecule has 0 fully saturated rings. The quantitative estimate of drug-likeness (QED) is 0.461. The monoisotopic (exact) mass is 374 g/mol. The van der Waals surface area contributed by atoms with E-state index in [1.165, 1.54) is 16.3 Å². The van der Waals surface area contributed by atoms with E-state index in [1.807, 2.05) is 17.9 Å². The second-order valence-corrected chi connectivity index (χ2v) is 7.25. The average Bonchev–Trinajstić information content (AvgIpc) is 3.25. The summed E-state index contributed by atoms with van der Waals surface area (Å²) in [6, 6.07) is 15.0. The maximum atomic E-state index is 4.62. The van der Waals surface area contributed by atoms with Crippen molar-refractivity contribution in [2.75, 3.05) is 11.4 Å². The van der Waals surface area contributed by atoms with Crippen molar-refractivity contribution in [3.63, 3.8) is 0 Å². The Hall–Kier alpha value is -2.79. The average molecular weight is 375 g/mol. The number of benzene rings is 2. The number of hydrogen-bond donors (Lipinski definition) is 0. The summed E-state index contributed by atoms with van der Waals surface area (Å²) in [5.41, 5.74) is 5.45. The third-order valence-electron chi connectivity index (χ3n) is 4.75. The fourth-order valence-corrected chi connectivity index (χ4v) is 3.78. The summed E-state index contributed by atoms with van der Waals surface area (Å²) in [7, 11) is 0. The highest BCUT2D eigenvalue weighted by Crippen LogP contribution is 2.22. The normalized spacial score (nSPS) is 11.0. The third-order valence-corrected chi connectivity index (χ3v) is 5.38. The van der Waals surface area contributed by atoms with Crippen LogP contribution < -0.4 is 4.90 Å². The van der Waals surface area contributed by atoms with Crippen LogP contribution >= 0.6 is 11.3 Å². The predicted molar refractivity (Wildman–Crippen MR) is 112 cm³/mol. The molecule has 4 aromatic rings. The molecule has 136 valence electrons. The predicted octanol–water partition coefficient (Wildman–Crippen LogP) is 4.90. The number of hydrogen-bond acceptors (Lipinski definition) is 5. The Balaban J connectivity index is 1.63. The molecule has 0 amide bonds. The molecule has 0 aliphatic heterocycles. The molecule has 2 heterocycles. The fraction of sp³-hybridized carbons (Fsp3) is 0.227. The number of aryl methyl sites for hydroxylation is 1. The second-order valence-electron chi connectivity index (χ2n) is 6.53. The van der Waals surface area contributed by atoms with Crippen LogP contribution in [0.2, 0.25) is 0 Å². The summed E-state index contributed by atoms with van der Waals surface area (Å²) < 4.78 is 0. The van der Waals surface area contributed by atoms with Crippen molar-refractivity contribution < 1.29 is 0 Å². The van der Waals surface area contributed by atoms with Crippen molar-refractivity contribution >= 4 is 28.1 Å². The summed E-state index contributed by atoms with van der Waals surface area (Å²) in [6.07, 6.45) is 5.69. The molecule has 4 nitrogen and oxygen atoms in total. The van der Waals surface area contributed by atoms with Gasteiger partial charge in [-0.1, -0.05) is 49.4 Å². The minimum atomic E-state index is 0.773. The van der Waals surface area contributed by atoms with E-state index in [0.717, 1.165) is 43.1 Å². The number of rotatable bonds is 7. The maximum Gasteiger partial charge on any atom is 0.225 e. The number of thiazole rings is 1. The molecule has 27 heavy (non-hydrogen) atoms. The summed E-state index contributed by atoms with van der Waals surface area (Å²) in [4.78, 5) is 15.9. The van der Waals surface area contributed by atoms with Crippen LogP contribution in [0.15, 0.2) is 65.7 Å². The summed E-state index contributed by atoms with van der Waals surface area (Å²) >= 11 is 1.64. The van der Waals surface area contributed by atoms with Gasteiger partial charge in [0.25, 0.3) is 0 Å². The molecule has 4 rings (SSSR count). The molecule has 0 spiro atoms. The molecule has 0 unspecified atom stereocenters. The van der Waals surface area contributed by atoms with Crippen LogP contribution in [0.1, 0.15) is 23.7 Å². The first kappa shape index (κ1) is 17.6. The smallest absolute Gasteiger partial charge is 0.225 e. The molecule has 0 aliphatic carbocycles. The third kappa shape index (κ3) is 4.14. The van der Waals surface area contributed by atoms with Crippen molar-refractivity contribution in [2.45, 2.75) is 26.3 Å². The van der Waals surface area contributed by atoms with Crippen LogP contribution in [0.25, 0.3) is 10.8 Å². The van der Waals surface area contributed by atoms with Gasteiger partial charge in [0.1, 0.15) is 0 Å². The Bertz CT molecular complexity index is 991. The zero-order valence-corrected chi connectivity index (χ0v) is 16.2. The summed E-state index contributed by atoms with van der Waals surface area (Å²) in [5.74, 6) is 0.773. The van der Waals surface area contributed by atoms with E-state index in [1.54, 1.807) is 11.3 Å². The lowest BCUT2D eigenvalue weighted by molar-refractivity contribution is 0.745. The molecule has 0 atom stereocenters. The van der Waals surface area contributed by atoms with E-state index >= 15 is 0 Å². The first-order chi connectivity index (χ1) is 13.3. The molecule has 0 radical (unpaired) electrons. The van der Waals surface area contributed by atoms with Gasteiger partial charge in [-0.05, 0) is 28.3 Å². The number of anilines is 1.